The van der Waals surface area contributed by atoms with Crippen LogP contribution in [0.25, 0.3) is 0 Å². The van der Waals surface area contributed by atoms with Crippen molar-refractivity contribution in [2.45, 2.75) is 6.42 Å². The quantitative estimate of drug-likeness (QED) is 0.361. The molecular weight excluding hydrogens is 76.1 g/mol. The summed E-state index contributed by atoms with van der Waals surface area (Å²) in [6.45, 7) is 0. The number of rotatable bonds is 1. The summed E-state index contributed by atoms with van der Waals surface area (Å²) in [5, 5.41) is 14.0. The van der Waals surface area contributed by atoms with E-state index in [1.165, 1.54) is 0 Å². The van der Waals surface area contributed by atoms with Crippen LogP contribution in [0.4, 0.5) is 0 Å². The van der Waals surface area contributed by atoms with Gasteiger partial charge in [0.05, 0.1) is 0 Å². The van der Waals surface area contributed by atoms with Gasteiger partial charge < -0.3 is 0 Å². The van der Waals surface area contributed by atoms with Crippen molar-refractivity contribution in [3.8, 4) is 6.07 Å². The zero-order valence-electron chi connectivity index (χ0n) is 3.15. The highest BCUT2D eigenvalue weighted by atomic mass is 14.3. The lowest BCUT2D eigenvalue weighted by Crippen LogP contribution is -1.53. The second-order valence-corrected chi connectivity index (χ2v) is 0.637. The Hall–Kier alpha value is -1.15. The first kappa shape index (κ1) is 4.85. The summed E-state index contributed by atoms with van der Waals surface area (Å²) in [7, 11) is 0. The number of nitriles is 1. The molecule has 0 radical (unpaired) electrons. The van der Waals surface area contributed by atoms with Crippen molar-refractivity contribution in [1.82, 2.24) is 0 Å². The molecular formula is C4H3N2+. The molecule has 0 bridgehead atoms. The Morgan fingerprint density at radius 1 is 1.83 bits per heavy atom. The van der Waals surface area contributed by atoms with Gasteiger partial charge >= 0.3 is 6.08 Å². The Kier molecular flexibility index (Phi) is 3.11. The monoisotopic (exact) mass is 79.0 g/mol. The van der Waals surface area contributed by atoms with Crippen molar-refractivity contribution in [3.63, 3.8) is 0 Å². The molecule has 0 spiro atoms. The molecule has 0 saturated heterocycles. The minimum Gasteiger partial charge on any atom is -0.210 e. The van der Waals surface area contributed by atoms with Crippen LogP contribution in [0.1, 0.15) is 6.42 Å². The number of nitrogens with zero attached hydrogens (tertiary/aromatic N) is 1. The van der Waals surface area contributed by atoms with Crippen molar-refractivity contribution in [1.29, 1.82) is 10.7 Å². The smallest absolute Gasteiger partial charge is 0.210 e. The summed E-state index contributed by atoms with van der Waals surface area (Å²) in [4.78, 5) is 0. The van der Waals surface area contributed by atoms with Gasteiger partial charge in [-0.05, 0) is 0 Å². The molecule has 2 heteroatoms. The standard InChI is InChI=1S/C4H3N2/c5-3-1-2-4-6/h6H,1H2/q+1. The molecule has 0 aliphatic heterocycles. The average molecular weight is 79.1 g/mol. The van der Waals surface area contributed by atoms with Crippen molar-refractivity contribution in [2.24, 2.45) is 0 Å². The fourth-order valence-electron chi connectivity index (χ4n) is 0.0837. The number of allylic oxidation sites excluding steroid dienone is 1. The van der Waals surface area contributed by atoms with Crippen LogP contribution in [0.2, 0.25) is 0 Å². The summed E-state index contributed by atoms with van der Waals surface area (Å²) in [6.07, 6.45) is 2.42. The van der Waals surface area contributed by atoms with Crippen LogP contribution in [0.15, 0.2) is 0 Å². The predicted molar refractivity (Wildman–Crippen MR) is 21.2 cm³/mol. The van der Waals surface area contributed by atoms with E-state index in [1.54, 1.807) is 6.07 Å². The molecule has 0 aliphatic rings. The fourth-order valence-corrected chi connectivity index (χ4v) is 0.0837. The van der Waals surface area contributed by atoms with Gasteiger partial charge in [0.25, 0.3) is 12.3 Å². The van der Waals surface area contributed by atoms with E-state index in [4.69, 9.17) is 10.7 Å². The number of hydrogen-bond acceptors (Lipinski definition) is 2. The largest absolute Gasteiger partial charge is 0.319 e. The van der Waals surface area contributed by atoms with Gasteiger partial charge in [-0.15, -0.1) is 0 Å². The van der Waals surface area contributed by atoms with E-state index in [1.807, 2.05) is 5.87 Å². The Morgan fingerprint density at radius 2 is 2.50 bits per heavy atom. The predicted octanol–water partition coefficient (Wildman–Crippen LogP) is 0.508. The van der Waals surface area contributed by atoms with Crippen LogP contribution >= 0.6 is 0 Å². The van der Waals surface area contributed by atoms with Crippen LogP contribution in [0, 0.1) is 22.8 Å². The highest BCUT2D eigenvalue weighted by molar-refractivity contribution is 5.43. The lowest BCUT2D eigenvalue weighted by Gasteiger charge is -1.36. The second kappa shape index (κ2) is 3.85. The van der Waals surface area contributed by atoms with Crippen molar-refractivity contribution < 1.29 is 0 Å². The summed E-state index contributed by atoms with van der Waals surface area (Å²) < 4.78 is 0. The van der Waals surface area contributed by atoms with E-state index in [0.29, 0.717) is 0 Å². The van der Waals surface area contributed by atoms with Crippen molar-refractivity contribution >= 4 is 5.87 Å². The third-order valence-electron chi connectivity index (χ3n) is 0.256. The average Bonchev–Trinajstić information content (AvgIpc) is 1.61. The first-order valence-electron chi connectivity index (χ1n) is 1.43. The summed E-state index contributed by atoms with van der Waals surface area (Å²) >= 11 is 0. The zero-order valence-corrected chi connectivity index (χ0v) is 3.15. The summed E-state index contributed by atoms with van der Waals surface area (Å²) in [6, 6.07) is 1.78. The van der Waals surface area contributed by atoms with Gasteiger partial charge in [0.2, 0.25) is 0 Å². The maximum Gasteiger partial charge on any atom is 0.319 e. The van der Waals surface area contributed by atoms with Gasteiger partial charge in [0.15, 0.2) is 0 Å². The third-order valence-corrected chi connectivity index (χ3v) is 0.256. The Balaban J connectivity index is 3.16. The van der Waals surface area contributed by atoms with E-state index in [-0.39, 0.29) is 6.42 Å². The SMILES string of the molecule is N#CC[C+]=C=N. The van der Waals surface area contributed by atoms with Gasteiger partial charge in [-0.1, -0.05) is 0 Å². The molecule has 0 unspecified atom stereocenters. The maximum absolute atomic E-state index is 7.76. The second-order valence-electron chi connectivity index (χ2n) is 0.637. The minimum absolute atomic E-state index is 0.170. The first-order chi connectivity index (χ1) is 2.91. The Bertz CT molecular complexity index is 103. The Labute approximate surface area is 36.2 Å². The highest BCUT2D eigenvalue weighted by Crippen LogP contribution is 1.64. The molecule has 0 aliphatic carbocycles. The number of nitrogens with one attached hydrogen (secondary N) is 1. The van der Waals surface area contributed by atoms with Gasteiger partial charge in [0.1, 0.15) is 6.07 Å². The van der Waals surface area contributed by atoms with Crippen LogP contribution < -0.4 is 0 Å². The van der Waals surface area contributed by atoms with Crippen LogP contribution in [-0.4, -0.2) is 5.87 Å². The maximum atomic E-state index is 7.76. The van der Waals surface area contributed by atoms with Gasteiger partial charge in [-0.25, -0.2) is 5.41 Å². The topological polar surface area (TPSA) is 47.6 Å². The molecule has 0 fully saturated rings. The van der Waals surface area contributed by atoms with Crippen molar-refractivity contribution in [3.05, 3.63) is 6.08 Å². The molecule has 0 rings (SSSR count). The molecule has 0 aromatic carbocycles. The van der Waals surface area contributed by atoms with E-state index < -0.39 is 0 Å². The van der Waals surface area contributed by atoms with Gasteiger partial charge in [-0.3, -0.25) is 0 Å². The third kappa shape index (κ3) is 2.85. The van der Waals surface area contributed by atoms with Crippen LogP contribution in [0.5, 0.6) is 0 Å². The minimum atomic E-state index is 0.170. The molecule has 28 valence electrons. The molecule has 0 atom stereocenters. The molecule has 0 aromatic heterocycles. The summed E-state index contributed by atoms with van der Waals surface area (Å²) in [5.74, 6) is 1.85. The molecule has 6 heavy (non-hydrogen) atoms. The van der Waals surface area contributed by atoms with E-state index in [9.17, 15) is 0 Å². The van der Waals surface area contributed by atoms with E-state index in [0.717, 1.165) is 0 Å². The lowest BCUT2D eigenvalue weighted by atomic mass is 10.5. The van der Waals surface area contributed by atoms with Crippen LogP contribution in [-0.2, 0) is 0 Å². The zero-order chi connectivity index (χ0) is 4.83. The first-order valence-corrected chi connectivity index (χ1v) is 1.43. The fraction of sp³-hybridized carbons (Fsp3) is 0.250. The molecule has 0 aromatic rings. The lowest BCUT2D eigenvalue weighted by molar-refractivity contribution is 1.33. The normalized spacial score (nSPS) is 4.50. The van der Waals surface area contributed by atoms with E-state index in [2.05, 4.69) is 6.08 Å². The van der Waals surface area contributed by atoms with Gasteiger partial charge in [0, 0.05) is 0 Å². The van der Waals surface area contributed by atoms with Crippen molar-refractivity contribution in [2.75, 3.05) is 0 Å². The molecule has 2 nitrogen and oxygen atoms in total. The number of hydrogen-bond donors (Lipinski definition) is 1. The molecule has 0 heterocycles. The molecule has 0 amide bonds. The summed E-state index contributed by atoms with van der Waals surface area (Å²) in [5.41, 5.74) is 0. The van der Waals surface area contributed by atoms with Gasteiger partial charge in [-0.2, -0.15) is 5.26 Å². The van der Waals surface area contributed by atoms with E-state index >= 15 is 0 Å². The Morgan fingerprint density at radius 3 is 2.67 bits per heavy atom. The van der Waals surface area contributed by atoms with Crippen LogP contribution in [0.3, 0.4) is 0 Å². The highest BCUT2D eigenvalue weighted by Gasteiger charge is 1.82. The molecule has 1 N–H and O–H groups in total. The molecule has 0 saturated carbocycles.